The molecule has 0 spiro atoms. The first-order chi connectivity index (χ1) is 4.71. The molecule has 1 N–H and O–H groups in total. The summed E-state index contributed by atoms with van der Waals surface area (Å²) in [6, 6.07) is 1.36. The molecule has 1 aliphatic rings. The molecule has 1 heterocycles. The molecule has 0 unspecified atom stereocenters. The number of hydrogen-bond acceptors (Lipinski definition) is 6. The number of nitrogens with zero attached hydrogens (tertiary/aromatic N) is 5. The molecule has 0 aromatic carbocycles. The predicted octanol–water partition coefficient (Wildman–Crippen LogP) is 0.124. The van der Waals surface area contributed by atoms with Gasteiger partial charge >= 0.3 is 11.6 Å². The zero-order valence-corrected chi connectivity index (χ0v) is 4.59. The van der Waals surface area contributed by atoms with Crippen LogP contribution in [-0.4, -0.2) is 16.7 Å². The number of hydrogen-bond donors (Lipinski definition) is 1. The average Bonchev–Trinajstić information content (AvgIpc) is 2.35. The Morgan fingerprint density at radius 3 is 2.20 bits per heavy atom. The van der Waals surface area contributed by atoms with Crippen molar-refractivity contribution in [3.8, 4) is 6.07 Å². The molecule has 0 saturated heterocycles. The van der Waals surface area contributed by atoms with E-state index in [0.29, 0.717) is 0 Å². The third kappa shape index (κ3) is 0.628. The molecule has 0 saturated carbocycles. The largest absolute Gasteiger partial charge is 0.477 e. The summed E-state index contributed by atoms with van der Waals surface area (Å²) in [4.78, 5) is 10.2. The highest BCUT2D eigenvalue weighted by Gasteiger charge is 2.42. The van der Waals surface area contributed by atoms with Crippen molar-refractivity contribution in [2.75, 3.05) is 0 Å². The van der Waals surface area contributed by atoms with E-state index in [0.717, 1.165) is 0 Å². The minimum absolute atomic E-state index is 1.36. The van der Waals surface area contributed by atoms with Crippen molar-refractivity contribution in [1.29, 1.82) is 5.26 Å². The molecule has 7 nitrogen and oxygen atoms in total. The predicted molar refractivity (Wildman–Crippen MR) is 25.7 cm³/mol. The molecule has 0 aliphatic carbocycles. The Kier molecular flexibility index (Phi) is 1.15. The van der Waals surface area contributed by atoms with Gasteiger partial charge in [-0.05, 0) is 10.4 Å². The Morgan fingerprint density at radius 2 is 2.00 bits per heavy atom. The smallest absolute Gasteiger partial charge is 0.373 e. The second kappa shape index (κ2) is 1.84. The quantitative estimate of drug-likeness (QED) is 0.556. The van der Waals surface area contributed by atoms with Crippen LogP contribution in [0.3, 0.4) is 0 Å². The van der Waals surface area contributed by atoms with Gasteiger partial charge in [-0.1, -0.05) is 0 Å². The fourth-order valence-electron chi connectivity index (χ4n) is 0.368. The summed E-state index contributed by atoms with van der Waals surface area (Å²) in [5.41, 5.74) is -2.13. The van der Waals surface area contributed by atoms with Crippen LogP contribution in [0.4, 0.5) is 0 Å². The molecule has 1 rings (SSSR count). The highest BCUT2D eigenvalue weighted by atomic mass is 16.4. The van der Waals surface area contributed by atoms with Crippen molar-refractivity contribution < 1.29 is 9.90 Å². The Hall–Kier alpha value is -1.84. The lowest BCUT2D eigenvalue weighted by Crippen LogP contribution is -2.30. The van der Waals surface area contributed by atoms with E-state index >= 15 is 0 Å². The Labute approximate surface area is 54.7 Å². The summed E-state index contributed by atoms with van der Waals surface area (Å²) in [6.07, 6.45) is 0. The van der Waals surface area contributed by atoms with Gasteiger partial charge in [-0.15, -0.1) is 10.2 Å². The van der Waals surface area contributed by atoms with Crippen LogP contribution in [-0.2, 0) is 4.79 Å². The van der Waals surface area contributed by atoms with Crippen LogP contribution in [0, 0.1) is 11.3 Å². The Balaban J connectivity index is 3.05. The van der Waals surface area contributed by atoms with Gasteiger partial charge in [0.05, 0.1) is 0 Å². The van der Waals surface area contributed by atoms with E-state index in [1.54, 1.807) is 0 Å². The van der Waals surface area contributed by atoms with Crippen LogP contribution in [0.5, 0.6) is 0 Å². The van der Waals surface area contributed by atoms with E-state index < -0.39 is 11.6 Å². The second-order valence-electron chi connectivity index (χ2n) is 1.47. The number of rotatable bonds is 1. The van der Waals surface area contributed by atoms with Crippen LogP contribution in [0.25, 0.3) is 0 Å². The highest BCUT2D eigenvalue weighted by molar-refractivity contribution is 5.82. The SMILES string of the molecule is N#CC1(C(=O)O)N=NN=N1. The van der Waals surface area contributed by atoms with E-state index in [2.05, 4.69) is 20.7 Å². The molecule has 0 aromatic heterocycles. The molecule has 0 radical (unpaired) electrons. The van der Waals surface area contributed by atoms with Gasteiger partial charge < -0.3 is 5.11 Å². The molecule has 0 aromatic rings. The first-order valence-corrected chi connectivity index (χ1v) is 2.20. The van der Waals surface area contributed by atoms with E-state index in [1.165, 1.54) is 6.07 Å². The van der Waals surface area contributed by atoms with Gasteiger partial charge in [-0.25, -0.2) is 4.79 Å². The second-order valence-corrected chi connectivity index (χ2v) is 1.47. The molecule has 0 bridgehead atoms. The zero-order valence-electron chi connectivity index (χ0n) is 4.59. The third-order valence-electron chi connectivity index (χ3n) is 0.873. The van der Waals surface area contributed by atoms with E-state index in [9.17, 15) is 4.79 Å². The summed E-state index contributed by atoms with van der Waals surface area (Å²) >= 11 is 0. The van der Waals surface area contributed by atoms with Crippen LogP contribution in [0.2, 0.25) is 0 Å². The number of aliphatic carboxylic acids is 1. The molecule has 0 atom stereocenters. The molecule has 7 heteroatoms. The maximum atomic E-state index is 10.2. The normalized spacial score (nSPS) is 18.7. The maximum Gasteiger partial charge on any atom is 0.373 e. The summed E-state index contributed by atoms with van der Waals surface area (Å²) in [7, 11) is 0. The average molecular weight is 139 g/mol. The summed E-state index contributed by atoms with van der Waals surface area (Å²) in [5.74, 6) is -1.47. The lowest BCUT2D eigenvalue weighted by atomic mass is 10.2. The minimum atomic E-state index is -2.13. The van der Waals surface area contributed by atoms with E-state index in [-0.39, 0.29) is 0 Å². The number of carboxylic acids is 1. The van der Waals surface area contributed by atoms with Gasteiger partial charge in [0, 0.05) is 0 Å². The van der Waals surface area contributed by atoms with E-state index in [1.807, 2.05) is 0 Å². The van der Waals surface area contributed by atoms with Crippen LogP contribution in [0.15, 0.2) is 20.7 Å². The molecule has 0 amide bonds. The van der Waals surface area contributed by atoms with Crippen molar-refractivity contribution in [3.05, 3.63) is 0 Å². The lowest BCUT2D eigenvalue weighted by molar-refractivity contribution is -0.140. The minimum Gasteiger partial charge on any atom is -0.477 e. The fourth-order valence-corrected chi connectivity index (χ4v) is 0.368. The van der Waals surface area contributed by atoms with Gasteiger partial charge in [-0.2, -0.15) is 5.26 Å². The van der Waals surface area contributed by atoms with Crippen molar-refractivity contribution in [1.82, 2.24) is 0 Å². The molecule has 10 heavy (non-hydrogen) atoms. The van der Waals surface area contributed by atoms with Gasteiger partial charge in [0.1, 0.15) is 6.07 Å². The highest BCUT2D eigenvalue weighted by Crippen LogP contribution is 2.18. The Morgan fingerprint density at radius 1 is 1.50 bits per heavy atom. The number of nitriles is 1. The molecule has 0 fully saturated rings. The number of carboxylic acid groups (broad SMARTS) is 1. The van der Waals surface area contributed by atoms with Crippen molar-refractivity contribution in [3.63, 3.8) is 0 Å². The summed E-state index contributed by atoms with van der Waals surface area (Å²) < 4.78 is 0. The fraction of sp³-hybridized carbons (Fsp3) is 0.333. The summed E-state index contributed by atoms with van der Waals surface area (Å²) in [6.45, 7) is 0. The van der Waals surface area contributed by atoms with Gasteiger partial charge in [0.2, 0.25) is 0 Å². The van der Waals surface area contributed by atoms with Crippen LogP contribution < -0.4 is 0 Å². The number of carbonyl (C=O) groups is 1. The monoisotopic (exact) mass is 139 g/mol. The molecule has 50 valence electrons. The van der Waals surface area contributed by atoms with Crippen molar-refractivity contribution in [2.45, 2.75) is 5.66 Å². The lowest BCUT2D eigenvalue weighted by Gasteiger charge is -2.00. The topological polar surface area (TPSA) is 111 Å². The first kappa shape index (κ1) is 6.28. The van der Waals surface area contributed by atoms with Crippen molar-refractivity contribution >= 4 is 5.97 Å². The molecule has 1 aliphatic heterocycles. The van der Waals surface area contributed by atoms with Crippen LogP contribution in [0.1, 0.15) is 0 Å². The maximum absolute atomic E-state index is 10.2. The zero-order chi connectivity index (χ0) is 7.61. The van der Waals surface area contributed by atoms with E-state index in [4.69, 9.17) is 10.4 Å². The van der Waals surface area contributed by atoms with Crippen LogP contribution >= 0.6 is 0 Å². The molecular weight excluding hydrogens is 138 g/mol. The molecular formula is C3HN5O2. The summed E-state index contributed by atoms with van der Waals surface area (Å²) in [5, 5.41) is 28.4. The first-order valence-electron chi connectivity index (χ1n) is 2.20. The third-order valence-corrected chi connectivity index (χ3v) is 0.873. The van der Waals surface area contributed by atoms with Crippen molar-refractivity contribution in [2.24, 2.45) is 20.7 Å². The van der Waals surface area contributed by atoms with Gasteiger partial charge in [0.15, 0.2) is 0 Å². The van der Waals surface area contributed by atoms with Gasteiger partial charge in [-0.3, -0.25) is 0 Å². The van der Waals surface area contributed by atoms with Gasteiger partial charge in [0.25, 0.3) is 0 Å². The Bertz CT molecular complexity index is 249. The standard InChI is InChI=1S/C3HN5O2/c4-1-3(2(9)10)5-7-8-6-3/h(H,9,10).